The Bertz CT molecular complexity index is 340. The lowest BCUT2D eigenvalue weighted by atomic mass is 10.3. The van der Waals surface area contributed by atoms with Gasteiger partial charge in [0.1, 0.15) is 12.0 Å². The number of aromatic nitrogens is 2. The van der Waals surface area contributed by atoms with Crippen LogP contribution >= 0.6 is 11.6 Å². The van der Waals surface area contributed by atoms with Gasteiger partial charge in [0.05, 0.1) is 6.54 Å². The quantitative estimate of drug-likeness (QED) is 0.576. The van der Waals surface area contributed by atoms with E-state index in [4.69, 9.17) is 11.6 Å². The number of nitrogens with one attached hydrogen (secondary N) is 2. The molecule has 2 heterocycles. The second-order valence-electron chi connectivity index (χ2n) is 2.29. The Labute approximate surface area is 73.2 Å². The van der Waals surface area contributed by atoms with E-state index in [-0.39, 0.29) is 17.6 Å². The molecule has 0 atom stereocenters. The van der Waals surface area contributed by atoms with Gasteiger partial charge >= 0.3 is 0 Å². The van der Waals surface area contributed by atoms with Gasteiger partial charge in [0, 0.05) is 0 Å². The van der Waals surface area contributed by atoms with E-state index >= 15 is 0 Å². The first-order valence-electron chi connectivity index (χ1n) is 3.31. The van der Waals surface area contributed by atoms with Gasteiger partial charge in [-0.05, 0) is 0 Å². The zero-order chi connectivity index (χ0) is 8.55. The fourth-order valence-electron chi connectivity index (χ4n) is 0.957. The topological polar surface area (TPSA) is 66.9 Å². The predicted octanol–water partition coefficient (Wildman–Crippen LogP) is 0.494. The molecular weight excluding hydrogens is 180 g/mol. The summed E-state index contributed by atoms with van der Waals surface area (Å²) in [7, 11) is 0. The molecule has 0 saturated heterocycles. The molecule has 2 rings (SSSR count). The van der Waals surface area contributed by atoms with E-state index in [9.17, 15) is 4.79 Å². The Morgan fingerprint density at radius 1 is 1.50 bits per heavy atom. The molecule has 1 aliphatic heterocycles. The van der Waals surface area contributed by atoms with Crippen molar-refractivity contribution in [3.8, 4) is 0 Å². The van der Waals surface area contributed by atoms with Crippen molar-refractivity contribution in [1.29, 1.82) is 0 Å². The normalized spacial score (nSPS) is 14.6. The van der Waals surface area contributed by atoms with Crippen LogP contribution in [0.5, 0.6) is 0 Å². The van der Waals surface area contributed by atoms with Gasteiger partial charge < -0.3 is 10.6 Å². The average molecular weight is 185 g/mol. The fraction of sp³-hybridized carbons (Fsp3) is 0.167. The van der Waals surface area contributed by atoms with E-state index in [1.165, 1.54) is 6.33 Å². The molecule has 0 fully saturated rings. The summed E-state index contributed by atoms with van der Waals surface area (Å²) in [5, 5.41) is 5.63. The van der Waals surface area contributed by atoms with Gasteiger partial charge in [-0.2, -0.15) is 0 Å². The average Bonchev–Trinajstić information content (AvgIpc) is 2.07. The minimum atomic E-state index is -0.140. The van der Waals surface area contributed by atoms with Crippen LogP contribution in [-0.4, -0.2) is 22.4 Å². The van der Waals surface area contributed by atoms with Crippen LogP contribution in [0.1, 0.15) is 0 Å². The Morgan fingerprint density at radius 2 is 2.33 bits per heavy atom. The number of carbonyl (C=O) groups is 1. The molecule has 6 heteroatoms. The summed E-state index contributed by atoms with van der Waals surface area (Å²) in [5.74, 6) is 0.425. The molecule has 62 valence electrons. The third kappa shape index (κ3) is 1.08. The third-order valence-electron chi connectivity index (χ3n) is 1.48. The van der Waals surface area contributed by atoms with E-state index in [0.29, 0.717) is 11.5 Å². The first-order valence-corrected chi connectivity index (χ1v) is 3.69. The van der Waals surface area contributed by atoms with Crippen molar-refractivity contribution in [2.45, 2.75) is 0 Å². The van der Waals surface area contributed by atoms with E-state index in [0.717, 1.165) is 0 Å². The molecule has 0 unspecified atom stereocenters. The molecule has 0 radical (unpaired) electrons. The molecule has 0 bridgehead atoms. The summed E-state index contributed by atoms with van der Waals surface area (Å²) in [6, 6.07) is 0. The van der Waals surface area contributed by atoms with Gasteiger partial charge in [0.2, 0.25) is 5.91 Å². The lowest BCUT2D eigenvalue weighted by Crippen LogP contribution is -2.28. The van der Waals surface area contributed by atoms with E-state index in [1.54, 1.807) is 0 Å². The lowest BCUT2D eigenvalue weighted by Gasteiger charge is -2.17. The van der Waals surface area contributed by atoms with Crippen LogP contribution in [0.4, 0.5) is 11.5 Å². The zero-order valence-electron chi connectivity index (χ0n) is 5.97. The first-order chi connectivity index (χ1) is 5.77. The summed E-state index contributed by atoms with van der Waals surface area (Å²) in [6.45, 7) is 0.223. The third-order valence-corrected chi connectivity index (χ3v) is 1.77. The van der Waals surface area contributed by atoms with Crippen molar-refractivity contribution in [2.75, 3.05) is 17.2 Å². The molecule has 0 aromatic carbocycles. The van der Waals surface area contributed by atoms with E-state index < -0.39 is 0 Å². The van der Waals surface area contributed by atoms with Gasteiger partial charge in [-0.15, -0.1) is 0 Å². The summed E-state index contributed by atoms with van der Waals surface area (Å²) in [5.41, 5.74) is 0.454. The first kappa shape index (κ1) is 7.30. The van der Waals surface area contributed by atoms with Crippen molar-refractivity contribution in [3.63, 3.8) is 0 Å². The SMILES string of the molecule is O=C1CNc2ncnc(Cl)c2N1. The minimum absolute atomic E-state index is 0.140. The molecule has 1 aromatic heterocycles. The number of nitrogens with zero attached hydrogens (tertiary/aromatic N) is 2. The van der Waals surface area contributed by atoms with Gasteiger partial charge in [0.25, 0.3) is 0 Å². The maximum Gasteiger partial charge on any atom is 0.243 e. The van der Waals surface area contributed by atoms with Gasteiger partial charge in [-0.25, -0.2) is 9.97 Å². The fourth-order valence-corrected chi connectivity index (χ4v) is 1.14. The second-order valence-corrected chi connectivity index (χ2v) is 2.65. The zero-order valence-corrected chi connectivity index (χ0v) is 6.72. The van der Waals surface area contributed by atoms with Crippen LogP contribution in [0.25, 0.3) is 0 Å². The summed E-state index contributed by atoms with van der Waals surface area (Å²) >= 11 is 5.70. The number of rotatable bonds is 0. The van der Waals surface area contributed by atoms with E-state index in [2.05, 4.69) is 20.6 Å². The largest absolute Gasteiger partial charge is 0.359 e. The number of carbonyl (C=O) groups excluding carboxylic acids is 1. The Balaban J connectivity index is 2.50. The number of amides is 1. The van der Waals surface area contributed by atoms with Crippen LogP contribution in [0.3, 0.4) is 0 Å². The van der Waals surface area contributed by atoms with Crippen LogP contribution in [0.15, 0.2) is 6.33 Å². The standard InChI is InChI=1S/C6H5ClN4O/c7-5-4-6(10-2-9-5)8-1-3(12)11-4/h2H,1H2,(H,11,12)(H,8,9,10). The maximum atomic E-state index is 10.9. The highest BCUT2D eigenvalue weighted by Gasteiger charge is 2.17. The van der Waals surface area contributed by atoms with E-state index in [1.807, 2.05) is 0 Å². The maximum absolute atomic E-state index is 10.9. The van der Waals surface area contributed by atoms with Gasteiger partial charge in [-0.1, -0.05) is 11.6 Å². The molecule has 1 amide bonds. The number of hydrogen-bond acceptors (Lipinski definition) is 4. The van der Waals surface area contributed by atoms with Crippen LogP contribution < -0.4 is 10.6 Å². The molecule has 0 saturated carbocycles. The number of fused-ring (bicyclic) bond motifs is 1. The number of halogens is 1. The van der Waals surface area contributed by atoms with Gasteiger partial charge in [0.15, 0.2) is 11.0 Å². The minimum Gasteiger partial charge on any atom is -0.359 e. The number of anilines is 2. The molecular formula is C6H5ClN4O. The molecule has 0 aliphatic carbocycles. The second kappa shape index (κ2) is 2.60. The summed E-state index contributed by atoms with van der Waals surface area (Å²) < 4.78 is 0. The predicted molar refractivity (Wildman–Crippen MR) is 44.2 cm³/mol. The van der Waals surface area contributed by atoms with Crippen molar-refractivity contribution in [3.05, 3.63) is 11.5 Å². The monoisotopic (exact) mass is 184 g/mol. The lowest BCUT2D eigenvalue weighted by molar-refractivity contribution is -0.114. The Morgan fingerprint density at radius 3 is 3.17 bits per heavy atom. The highest BCUT2D eigenvalue weighted by Crippen LogP contribution is 2.27. The smallest absolute Gasteiger partial charge is 0.243 e. The number of hydrogen-bond donors (Lipinski definition) is 2. The van der Waals surface area contributed by atoms with Crippen LogP contribution in [-0.2, 0) is 4.79 Å². The van der Waals surface area contributed by atoms with Crippen LogP contribution in [0.2, 0.25) is 5.15 Å². The van der Waals surface area contributed by atoms with Crippen molar-refractivity contribution < 1.29 is 4.79 Å². The highest BCUT2D eigenvalue weighted by molar-refractivity contribution is 6.33. The summed E-state index contributed by atoms with van der Waals surface area (Å²) in [6.07, 6.45) is 1.34. The Hall–Kier alpha value is -1.36. The highest BCUT2D eigenvalue weighted by atomic mass is 35.5. The molecule has 2 N–H and O–H groups in total. The molecule has 1 aliphatic rings. The van der Waals surface area contributed by atoms with Crippen molar-refractivity contribution in [1.82, 2.24) is 9.97 Å². The molecule has 0 spiro atoms. The molecule has 5 nitrogen and oxygen atoms in total. The van der Waals surface area contributed by atoms with Crippen LogP contribution in [0, 0.1) is 0 Å². The van der Waals surface area contributed by atoms with Crippen molar-refractivity contribution in [2.24, 2.45) is 0 Å². The summed E-state index contributed by atoms with van der Waals surface area (Å²) in [4.78, 5) is 18.5. The molecule has 1 aromatic rings. The molecule has 12 heavy (non-hydrogen) atoms. The Kier molecular flexibility index (Phi) is 1.58. The van der Waals surface area contributed by atoms with Gasteiger partial charge in [-0.3, -0.25) is 4.79 Å². The van der Waals surface area contributed by atoms with Crippen molar-refractivity contribution >= 4 is 29.0 Å².